The second-order valence-corrected chi connectivity index (χ2v) is 5.07. The second-order valence-electron chi connectivity index (χ2n) is 3.80. The number of hydrogen-bond acceptors (Lipinski definition) is 3. The molecule has 0 N–H and O–H groups in total. The van der Waals surface area contributed by atoms with Gasteiger partial charge in [0.15, 0.2) is 5.12 Å². The normalized spacial score (nSPS) is 10.3. The molecule has 1 rings (SSSR count). The van der Waals surface area contributed by atoms with Crippen molar-refractivity contribution in [3.63, 3.8) is 0 Å². The number of benzene rings is 1. The van der Waals surface area contributed by atoms with Gasteiger partial charge in [0.05, 0.1) is 17.2 Å². The fourth-order valence-electron chi connectivity index (χ4n) is 1.34. The van der Waals surface area contributed by atoms with Gasteiger partial charge in [-0.15, -0.1) is 0 Å². The van der Waals surface area contributed by atoms with Crippen LogP contribution in [0.3, 0.4) is 0 Å². The van der Waals surface area contributed by atoms with Gasteiger partial charge in [-0.2, -0.15) is 18.4 Å². The van der Waals surface area contributed by atoms with Crippen molar-refractivity contribution in [2.45, 2.75) is 19.5 Å². The molecule has 0 bridgehead atoms. The van der Waals surface area contributed by atoms with E-state index in [4.69, 9.17) is 5.26 Å². The first-order valence-electron chi connectivity index (χ1n) is 5.57. The molecule has 6 heteroatoms. The average Bonchev–Trinajstić information content (AvgIpc) is 2.36. The third kappa shape index (κ3) is 5.38. The number of hydrogen-bond donors (Lipinski definition) is 0. The minimum absolute atomic E-state index is 0.0300. The number of thioether (sulfide) groups is 1. The van der Waals surface area contributed by atoms with Gasteiger partial charge >= 0.3 is 6.18 Å². The van der Waals surface area contributed by atoms with Crippen LogP contribution >= 0.6 is 11.8 Å². The number of halogens is 3. The lowest BCUT2D eigenvalue weighted by Crippen LogP contribution is -2.05. The van der Waals surface area contributed by atoms with Gasteiger partial charge in [0.2, 0.25) is 0 Å². The maximum absolute atomic E-state index is 12.6. The zero-order valence-corrected chi connectivity index (χ0v) is 11.4. The molecule has 0 fully saturated rings. The lowest BCUT2D eigenvalue weighted by atomic mass is 10.1. The number of carbonyl (C=O) groups excluding carboxylic acids is 1. The van der Waals surface area contributed by atoms with E-state index in [1.807, 2.05) is 0 Å². The van der Waals surface area contributed by atoms with Crippen LogP contribution < -0.4 is 0 Å². The summed E-state index contributed by atoms with van der Waals surface area (Å²) in [4.78, 5) is 10.7. The van der Waals surface area contributed by atoms with Crippen molar-refractivity contribution in [2.24, 2.45) is 0 Å². The topological polar surface area (TPSA) is 40.9 Å². The van der Waals surface area contributed by atoms with E-state index in [1.54, 1.807) is 6.07 Å². The zero-order valence-electron chi connectivity index (χ0n) is 10.5. The summed E-state index contributed by atoms with van der Waals surface area (Å²) in [5, 5.41) is 8.69. The fraction of sp³-hybridized carbons (Fsp3) is 0.286. The van der Waals surface area contributed by atoms with Gasteiger partial charge in [-0.25, -0.2) is 0 Å². The van der Waals surface area contributed by atoms with E-state index >= 15 is 0 Å². The Balaban J connectivity index is 2.88. The lowest BCUT2D eigenvalue weighted by molar-refractivity contribution is -0.137. The van der Waals surface area contributed by atoms with Crippen molar-refractivity contribution in [1.82, 2.24) is 0 Å². The van der Waals surface area contributed by atoms with Crippen molar-refractivity contribution < 1.29 is 18.0 Å². The first kappa shape index (κ1) is 16.1. The zero-order chi connectivity index (χ0) is 15.2. The third-order valence-electron chi connectivity index (χ3n) is 2.15. The lowest BCUT2D eigenvalue weighted by Gasteiger charge is -2.07. The molecule has 1 aromatic carbocycles. The molecule has 0 aliphatic heterocycles. The Morgan fingerprint density at radius 1 is 1.30 bits per heavy atom. The van der Waals surface area contributed by atoms with Gasteiger partial charge in [-0.3, -0.25) is 4.79 Å². The molecule has 0 radical (unpaired) electrons. The molecular formula is C14H10F3NOS. The second kappa shape index (κ2) is 7.02. The van der Waals surface area contributed by atoms with E-state index in [-0.39, 0.29) is 16.2 Å². The molecule has 0 aliphatic carbocycles. The Morgan fingerprint density at radius 3 is 2.50 bits per heavy atom. The fourth-order valence-corrected chi connectivity index (χ4v) is 1.83. The minimum Gasteiger partial charge on any atom is -0.288 e. The van der Waals surface area contributed by atoms with E-state index in [0.29, 0.717) is 12.2 Å². The van der Waals surface area contributed by atoms with Gasteiger partial charge in [-0.1, -0.05) is 23.6 Å². The summed E-state index contributed by atoms with van der Waals surface area (Å²) >= 11 is 1.11. The summed E-state index contributed by atoms with van der Waals surface area (Å²) in [6.45, 7) is 1.43. The van der Waals surface area contributed by atoms with Crippen LogP contribution in [0.15, 0.2) is 18.2 Å². The Hall–Kier alpha value is -1.92. The maximum atomic E-state index is 12.6. The van der Waals surface area contributed by atoms with E-state index in [1.165, 1.54) is 13.0 Å². The summed E-state index contributed by atoms with van der Waals surface area (Å²) in [6, 6.07) is 4.68. The predicted octanol–water partition coefficient (Wildman–Crippen LogP) is 3.60. The van der Waals surface area contributed by atoms with Gasteiger partial charge < -0.3 is 0 Å². The average molecular weight is 297 g/mol. The molecule has 0 saturated heterocycles. The molecule has 0 amide bonds. The van der Waals surface area contributed by atoms with E-state index in [9.17, 15) is 18.0 Å². The highest BCUT2D eigenvalue weighted by Gasteiger charge is 2.31. The standard InChI is InChI=1S/C14H10F3NOS/c1-10(19)20-5-3-2-4-11-6-12(9-18)8-13(7-11)14(15,16)17/h6-8H,3,5H2,1H3. The summed E-state index contributed by atoms with van der Waals surface area (Å²) in [5.74, 6) is 5.76. The number of alkyl halides is 3. The summed E-state index contributed by atoms with van der Waals surface area (Å²) in [7, 11) is 0. The molecular weight excluding hydrogens is 287 g/mol. The highest BCUT2D eigenvalue weighted by atomic mass is 32.2. The Bertz CT molecular complexity index is 606. The molecule has 104 valence electrons. The Morgan fingerprint density at radius 2 is 1.95 bits per heavy atom. The summed E-state index contributed by atoms with van der Waals surface area (Å²) in [6.07, 6.45) is -4.11. The molecule has 20 heavy (non-hydrogen) atoms. The van der Waals surface area contributed by atoms with Crippen LogP contribution in [0.4, 0.5) is 13.2 Å². The minimum atomic E-state index is -4.51. The van der Waals surface area contributed by atoms with Crippen molar-refractivity contribution in [2.75, 3.05) is 5.75 Å². The maximum Gasteiger partial charge on any atom is 0.416 e. The SMILES string of the molecule is CC(=O)SCCC#Cc1cc(C#N)cc(C(F)(F)F)c1. The molecule has 0 aliphatic rings. The monoisotopic (exact) mass is 297 g/mol. The highest BCUT2D eigenvalue weighted by Crippen LogP contribution is 2.30. The predicted molar refractivity (Wildman–Crippen MR) is 70.8 cm³/mol. The first-order valence-corrected chi connectivity index (χ1v) is 6.56. The van der Waals surface area contributed by atoms with Gasteiger partial charge in [0, 0.05) is 24.7 Å². The van der Waals surface area contributed by atoms with E-state index < -0.39 is 11.7 Å². The van der Waals surface area contributed by atoms with Crippen LogP contribution in [0.5, 0.6) is 0 Å². The van der Waals surface area contributed by atoms with Gasteiger partial charge in [-0.05, 0) is 18.2 Å². The summed E-state index contributed by atoms with van der Waals surface area (Å²) < 4.78 is 37.9. The molecule has 0 aromatic heterocycles. The molecule has 0 saturated carbocycles. The third-order valence-corrected chi connectivity index (χ3v) is 2.97. The van der Waals surface area contributed by atoms with Gasteiger partial charge in [0.1, 0.15) is 0 Å². The molecule has 0 unspecified atom stereocenters. The van der Waals surface area contributed by atoms with Crippen LogP contribution in [0.2, 0.25) is 0 Å². The van der Waals surface area contributed by atoms with Crippen LogP contribution in [0, 0.1) is 23.2 Å². The number of rotatable bonds is 2. The highest BCUT2D eigenvalue weighted by molar-refractivity contribution is 8.13. The first-order chi connectivity index (χ1) is 9.32. The van der Waals surface area contributed by atoms with Crippen LogP contribution in [0.25, 0.3) is 0 Å². The quantitative estimate of drug-likeness (QED) is 0.618. The molecule has 1 aromatic rings. The number of nitriles is 1. The Labute approximate surface area is 119 Å². The molecule has 0 spiro atoms. The van der Waals surface area contributed by atoms with E-state index in [0.717, 1.165) is 23.9 Å². The van der Waals surface area contributed by atoms with Crippen LogP contribution in [0.1, 0.15) is 30.0 Å². The largest absolute Gasteiger partial charge is 0.416 e. The smallest absolute Gasteiger partial charge is 0.288 e. The van der Waals surface area contributed by atoms with Crippen molar-refractivity contribution in [1.29, 1.82) is 5.26 Å². The van der Waals surface area contributed by atoms with Gasteiger partial charge in [0.25, 0.3) is 0 Å². The molecule has 0 heterocycles. The van der Waals surface area contributed by atoms with Crippen LogP contribution in [-0.4, -0.2) is 10.9 Å². The van der Waals surface area contributed by atoms with Crippen LogP contribution in [-0.2, 0) is 11.0 Å². The number of carbonyl (C=O) groups is 1. The van der Waals surface area contributed by atoms with Crippen molar-refractivity contribution in [3.8, 4) is 17.9 Å². The molecule has 0 atom stereocenters. The summed E-state index contributed by atoms with van der Waals surface area (Å²) in [5.41, 5.74) is -0.828. The van der Waals surface area contributed by atoms with E-state index in [2.05, 4.69) is 11.8 Å². The van der Waals surface area contributed by atoms with Crippen molar-refractivity contribution in [3.05, 3.63) is 34.9 Å². The molecule has 2 nitrogen and oxygen atoms in total. The van der Waals surface area contributed by atoms with Crippen molar-refractivity contribution >= 4 is 16.9 Å². The number of nitrogens with zero attached hydrogens (tertiary/aromatic N) is 1. The Kier molecular flexibility index (Phi) is 5.66.